The first kappa shape index (κ1) is 28.2. The van der Waals surface area contributed by atoms with Gasteiger partial charge in [-0.05, 0) is 23.8 Å². The van der Waals surface area contributed by atoms with E-state index < -0.39 is 0 Å². The molecule has 10 aromatic rings. The zero-order chi connectivity index (χ0) is 33.0. The van der Waals surface area contributed by atoms with Gasteiger partial charge in [0.25, 0.3) is 0 Å². The molecule has 5 heteroatoms. The van der Waals surface area contributed by atoms with Crippen LogP contribution in [0.2, 0.25) is 0 Å². The van der Waals surface area contributed by atoms with Crippen LogP contribution in [0.4, 0.5) is 0 Å². The smallest absolute Gasteiger partial charge is 0.166 e. The number of benzene rings is 7. The van der Waals surface area contributed by atoms with Gasteiger partial charge in [-0.25, -0.2) is 15.0 Å². The predicted molar refractivity (Wildman–Crippen MR) is 203 cm³/mol. The van der Waals surface area contributed by atoms with E-state index in [0.717, 1.165) is 77.2 Å². The Hall–Kier alpha value is -6.85. The molecule has 0 fully saturated rings. The highest BCUT2D eigenvalue weighted by Gasteiger charge is 2.23. The quantitative estimate of drug-likeness (QED) is 0.188. The third-order valence-electron chi connectivity index (χ3n) is 9.46. The van der Waals surface area contributed by atoms with Gasteiger partial charge in [0.2, 0.25) is 0 Å². The Morgan fingerprint density at radius 2 is 0.860 bits per heavy atom. The normalized spacial score (nSPS) is 11.6. The van der Waals surface area contributed by atoms with Crippen molar-refractivity contribution in [2.75, 3.05) is 0 Å². The molecule has 0 bridgehead atoms. The molecule has 10 rings (SSSR count). The van der Waals surface area contributed by atoms with E-state index in [4.69, 9.17) is 19.4 Å². The lowest BCUT2D eigenvalue weighted by molar-refractivity contribution is 0.667. The number of aromatic nitrogens is 4. The van der Waals surface area contributed by atoms with Gasteiger partial charge in [0.05, 0.1) is 16.7 Å². The SMILES string of the molecule is c1ccc(-c2nc(-c3ccccc3)nc(-c3cccc4c5ccccc5n(-c5cccc6c5oc5c(-c7ccccc7)cccc56)c34)n2)cc1. The number of para-hydroxylation sites is 4. The van der Waals surface area contributed by atoms with E-state index in [1.807, 2.05) is 66.7 Å². The highest BCUT2D eigenvalue weighted by atomic mass is 16.3. The maximum Gasteiger partial charge on any atom is 0.166 e. The zero-order valence-corrected chi connectivity index (χ0v) is 26.9. The van der Waals surface area contributed by atoms with E-state index in [-0.39, 0.29) is 0 Å². The summed E-state index contributed by atoms with van der Waals surface area (Å²) in [4.78, 5) is 15.2. The maximum atomic E-state index is 6.93. The largest absolute Gasteiger partial charge is 0.453 e. The summed E-state index contributed by atoms with van der Waals surface area (Å²) >= 11 is 0. The average Bonchev–Trinajstić information content (AvgIpc) is 3.75. The van der Waals surface area contributed by atoms with Gasteiger partial charge in [-0.15, -0.1) is 0 Å². The molecule has 3 aromatic heterocycles. The average molecular weight is 641 g/mol. The van der Waals surface area contributed by atoms with E-state index >= 15 is 0 Å². The summed E-state index contributed by atoms with van der Waals surface area (Å²) in [5.74, 6) is 1.86. The first-order chi connectivity index (χ1) is 24.8. The first-order valence-corrected chi connectivity index (χ1v) is 16.7. The number of hydrogen-bond donors (Lipinski definition) is 0. The Balaban J connectivity index is 1.29. The van der Waals surface area contributed by atoms with Crippen LogP contribution in [0.15, 0.2) is 174 Å². The summed E-state index contributed by atoms with van der Waals surface area (Å²) in [6.07, 6.45) is 0. The van der Waals surface area contributed by atoms with E-state index in [1.54, 1.807) is 0 Å². The molecule has 0 atom stereocenters. The number of hydrogen-bond acceptors (Lipinski definition) is 4. The van der Waals surface area contributed by atoms with E-state index in [2.05, 4.69) is 108 Å². The molecular formula is C45H28N4O. The molecule has 0 saturated carbocycles. The molecule has 7 aromatic carbocycles. The highest BCUT2D eigenvalue weighted by Crippen LogP contribution is 2.42. The van der Waals surface area contributed by atoms with Crippen molar-refractivity contribution in [2.45, 2.75) is 0 Å². The minimum absolute atomic E-state index is 0.607. The fourth-order valence-corrected chi connectivity index (χ4v) is 7.20. The Morgan fingerprint density at radius 3 is 1.54 bits per heavy atom. The molecule has 0 spiro atoms. The second kappa shape index (κ2) is 11.4. The summed E-state index contributed by atoms with van der Waals surface area (Å²) in [6, 6.07) is 58.4. The minimum atomic E-state index is 0.607. The Morgan fingerprint density at radius 1 is 0.360 bits per heavy atom. The van der Waals surface area contributed by atoms with Gasteiger partial charge >= 0.3 is 0 Å². The molecule has 5 nitrogen and oxygen atoms in total. The zero-order valence-electron chi connectivity index (χ0n) is 26.9. The lowest BCUT2D eigenvalue weighted by Gasteiger charge is -2.13. The maximum absolute atomic E-state index is 6.93. The van der Waals surface area contributed by atoms with Crippen molar-refractivity contribution < 1.29 is 4.42 Å². The van der Waals surface area contributed by atoms with Crippen LogP contribution in [-0.2, 0) is 0 Å². The molecule has 0 radical (unpaired) electrons. The second-order valence-corrected chi connectivity index (χ2v) is 12.4. The topological polar surface area (TPSA) is 56.7 Å². The van der Waals surface area contributed by atoms with Crippen molar-refractivity contribution in [3.05, 3.63) is 170 Å². The van der Waals surface area contributed by atoms with Gasteiger partial charge in [-0.3, -0.25) is 0 Å². The van der Waals surface area contributed by atoms with Crippen molar-refractivity contribution in [3.63, 3.8) is 0 Å². The molecule has 0 saturated heterocycles. The van der Waals surface area contributed by atoms with Gasteiger partial charge in [0.1, 0.15) is 5.58 Å². The Kier molecular flexibility index (Phi) is 6.42. The lowest BCUT2D eigenvalue weighted by Crippen LogP contribution is -2.02. The van der Waals surface area contributed by atoms with Crippen LogP contribution >= 0.6 is 0 Å². The van der Waals surface area contributed by atoms with Crippen molar-refractivity contribution in [1.29, 1.82) is 0 Å². The Labute approximate surface area is 287 Å². The van der Waals surface area contributed by atoms with Gasteiger partial charge < -0.3 is 8.98 Å². The summed E-state index contributed by atoms with van der Waals surface area (Å²) in [6.45, 7) is 0. The molecule has 0 aliphatic carbocycles. The number of furan rings is 1. The standard InChI is InChI=1S/C45H28N4O/c1-4-15-29(16-5-1)32-22-12-24-35-36-25-14-28-39(42(36)50-41(32)35)49-38-27-11-10-21-33(38)34-23-13-26-37(40(34)49)45-47-43(30-17-6-2-7-18-30)46-44(48-45)31-19-8-3-9-20-31/h1-28H. The minimum Gasteiger partial charge on any atom is -0.453 e. The summed E-state index contributed by atoms with van der Waals surface area (Å²) in [5, 5.41) is 4.40. The summed E-state index contributed by atoms with van der Waals surface area (Å²) in [5.41, 5.74) is 9.71. The van der Waals surface area contributed by atoms with Gasteiger partial charge in [0, 0.05) is 43.8 Å². The molecule has 3 heterocycles. The van der Waals surface area contributed by atoms with Gasteiger partial charge in [0.15, 0.2) is 23.1 Å². The summed E-state index contributed by atoms with van der Waals surface area (Å²) < 4.78 is 9.25. The molecule has 0 amide bonds. The van der Waals surface area contributed by atoms with Crippen molar-refractivity contribution >= 4 is 43.7 Å². The molecule has 0 aliphatic heterocycles. The third kappa shape index (κ3) is 4.45. The molecule has 0 aliphatic rings. The van der Waals surface area contributed by atoms with Crippen LogP contribution in [0.1, 0.15) is 0 Å². The van der Waals surface area contributed by atoms with Gasteiger partial charge in [-0.2, -0.15) is 0 Å². The van der Waals surface area contributed by atoms with Crippen molar-refractivity contribution in [1.82, 2.24) is 19.5 Å². The third-order valence-corrected chi connectivity index (χ3v) is 9.46. The fraction of sp³-hybridized carbons (Fsp3) is 0. The molecule has 0 unspecified atom stereocenters. The molecule has 234 valence electrons. The van der Waals surface area contributed by atoms with Crippen LogP contribution in [0.5, 0.6) is 0 Å². The predicted octanol–water partition coefficient (Wildman–Crippen LogP) is 11.5. The second-order valence-electron chi connectivity index (χ2n) is 12.4. The van der Waals surface area contributed by atoms with Crippen LogP contribution in [0.25, 0.3) is 94.7 Å². The van der Waals surface area contributed by atoms with Crippen molar-refractivity contribution in [3.8, 4) is 51.0 Å². The van der Waals surface area contributed by atoms with Crippen molar-refractivity contribution in [2.24, 2.45) is 0 Å². The highest BCUT2D eigenvalue weighted by molar-refractivity contribution is 6.16. The van der Waals surface area contributed by atoms with Crippen LogP contribution in [-0.4, -0.2) is 19.5 Å². The summed E-state index contributed by atoms with van der Waals surface area (Å²) in [7, 11) is 0. The number of fused-ring (bicyclic) bond motifs is 6. The fourth-order valence-electron chi connectivity index (χ4n) is 7.20. The molecular weight excluding hydrogens is 613 g/mol. The van der Waals surface area contributed by atoms with E-state index in [9.17, 15) is 0 Å². The van der Waals surface area contributed by atoms with Crippen LogP contribution < -0.4 is 0 Å². The first-order valence-electron chi connectivity index (χ1n) is 16.7. The van der Waals surface area contributed by atoms with E-state index in [1.165, 1.54) is 0 Å². The van der Waals surface area contributed by atoms with Crippen LogP contribution in [0.3, 0.4) is 0 Å². The molecule has 50 heavy (non-hydrogen) atoms. The molecule has 0 N–H and O–H groups in total. The monoisotopic (exact) mass is 640 g/mol. The van der Waals surface area contributed by atoms with Gasteiger partial charge in [-0.1, -0.05) is 152 Å². The Bertz CT molecular complexity index is 2800. The van der Waals surface area contributed by atoms with E-state index in [0.29, 0.717) is 17.5 Å². The number of rotatable bonds is 5. The number of nitrogens with zero attached hydrogens (tertiary/aromatic N) is 4. The van der Waals surface area contributed by atoms with Crippen LogP contribution in [0, 0.1) is 0 Å². The lowest BCUT2D eigenvalue weighted by atomic mass is 10.0.